The summed E-state index contributed by atoms with van der Waals surface area (Å²) in [5, 5.41) is 0. The van der Waals surface area contributed by atoms with Gasteiger partial charge in [0.25, 0.3) is 0 Å². The molecular formula is C15H15FN2. The van der Waals surface area contributed by atoms with Gasteiger partial charge in [-0.05, 0) is 24.5 Å². The minimum atomic E-state index is -0.852. The van der Waals surface area contributed by atoms with Crippen molar-refractivity contribution in [2.45, 2.75) is 43.3 Å². The quantitative estimate of drug-likeness (QED) is 0.682. The van der Waals surface area contributed by atoms with Crippen molar-refractivity contribution in [2.24, 2.45) is 0 Å². The van der Waals surface area contributed by atoms with Gasteiger partial charge in [0.05, 0.1) is 6.57 Å². The van der Waals surface area contributed by atoms with Crippen molar-refractivity contribution in [3.05, 3.63) is 35.2 Å². The average Bonchev–Trinajstić information content (AvgIpc) is 2.32. The predicted octanol–water partition coefficient (Wildman–Crippen LogP) is 3.63. The molecule has 2 bridgehead atoms. The van der Waals surface area contributed by atoms with E-state index in [1.807, 2.05) is 12.1 Å². The summed E-state index contributed by atoms with van der Waals surface area (Å²) in [4.78, 5) is 5.91. The Morgan fingerprint density at radius 3 is 2.72 bits per heavy atom. The van der Waals surface area contributed by atoms with Crippen LogP contribution in [-0.2, 0) is 6.42 Å². The first-order chi connectivity index (χ1) is 8.64. The fourth-order valence-corrected chi connectivity index (χ4v) is 4.03. The number of alkyl halides is 1. The lowest BCUT2D eigenvalue weighted by Crippen LogP contribution is -2.77. The van der Waals surface area contributed by atoms with Crippen LogP contribution in [0.15, 0.2) is 18.2 Å². The molecule has 92 valence electrons. The number of rotatable bonds is 1. The third-order valence-electron chi connectivity index (χ3n) is 4.83. The lowest BCUT2D eigenvalue weighted by molar-refractivity contribution is -0.153. The van der Waals surface area contributed by atoms with Gasteiger partial charge in [0, 0.05) is 37.0 Å². The van der Waals surface area contributed by atoms with E-state index < -0.39 is 5.67 Å². The zero-order valence-corrected chi connectivity index (χ0v) is 10.2. The van der Waals surface area contributed by atoms with Crippen LogP contribution >= 0.6 is 0 Å². The summed E-state index contributed by atoms with van der Waals surface area (Å²) >= 11 is 0. The maximum atomic E-state index is 13.7. The fraction of sp³-hybridized carbons (Fsp3) is 0.533. The van der Waals surface area contributed by atoms with Gasteiger partial charge < -0.3 is 4.90 Å². The van der Waals surface area contributed by atoms with Crippen LogP contribution in [0.3, 0.4) is 0 Å². The van der Waals surface area contributed by atoms with Gasteiger partial charge in [0.2, 0.25) is 0 Å². The summed E-state index contributed by atoms with van der Waals surface area (Å²) in [6, 6.07) is 5.96. The van der Waals surface area contributed by atoms with Crippen molar-refractivity contribution in [3.63, 3.8) is 0 Å². The summed E-state index contributed by atoms with van der Waals surface area (Å²) in [6.07, 6.45) is 4.32. The molecule has 1 aromatic carbocycles. The van der Waals surface area contributed by atoms with Gasteiger partial charge >= 0.3 is 0 Å². The first-order valence-electron chi connectivity index (χ1n) is 6.61. The number of halogens is 1. The number of fused-ring (bicyclic) bond motifs is 1. The van der Waals surface area contributed by atoms with E-state index in [1.165, 1.54) is 11.3 Å². The van der Waals surface area contributed by atoms with E-state index in [0.29, 0.717) is 24.9 Å². The van der Waals surface area contributed by atoms with Crippen LogP contribution in [0.5, 0.6) is 0 Å². The highest BCUT2D eigenvalue weighted by Crippen LogP contribution is 2.67. The molecule has 18 heavy (non-hydrogen) atoms. The molecule has 3 aliphatic carbocycles. The van der Waals surface area contributed by atoms with Crippen molar-refractivity contribution < 1.29 is 4.39 Å². The Labute approximate surface area is 106 Å². The second kappa shape index (κ2) is 3.06. The Morgan fingerprint density at radius 2 is 2.06 bits per heavy atom. The van der Waals surface area contributed by atoms with E-state index in [1.54, 1.807) is 0 Å². The fourth-order valence-electron chi connectivity index (χ4n) is 4.03. The van der Waals surface area contributed by atoms with Crippen molar-refractivity contribution in [3.8, 4) is 0 Å². The summed E-state index contributed by atoms with van der Waals surface area (Å²) in [6.45, 7) is 8.15. The van der Waals surface area contributed by atoms with Crippen molar-refractivity contribution in [1.82, 2.24) is 0 Å². The molecule has 1 aliphatic heterocycles. The van der Waals surface area contributed by atoms with Gasteiger partial charge in [0.1, 0.15) is 5.67 Å². The van der Waals surface area contributed by atoms with Crippen LogP contribution in [-0.4, -0.2) is 17.8 Å². The minimum absolute atomic E-state index is 0.0879. The molecule has 0 amide bonds. The summed E-state index contributed by atoms with van der Waals surface area (Å²) in [7, 11) is 0. The number of hydrogen-bond donors (Lipinski definition) is 0. The van der Waals surface area contributed by atoms with Crippen LogP contribution in [0.2, 0.25) is 0 Å². The van der Waals surface area contributed by atoms with Crippen molar-refractivity contribution >= 4 is 11.4 Å². The Morgan fingerprint density at radius 1 is 1.28 bits per heavy atom. The third-order valence-corrected chi connectivity index (χ3v) is 4.83. The monoisotopic (exact) mass is 242 g/mol. The zero-order valence-electron chi connectivity index (χ0n) is 10.2. The standard InChI is InChI=1S/C15H15FN2/c1-17-12-5-4-11-3-2-6-18(13(11)7-12)15-8-14(16,9-15)10-15/h4-5,7H,2-3,6,8-10H2. The summed E-state index contributed by atoms with van der Waals surface area (Å²) in [5.41, 5.74) is 2.45. The van der Waals surface area contributed by atoms with Gasteiger partial charge in [-0.25, -0.2) is 9.24 Å². The number of nitrogens with zero attached hydrogens (tertiary/aromatic N) is 2. The zero-order chi connectivity index (χ0) is 12.4. The SMILES string of the molecule is [C-]#[N+]c1ccc2c(c1)N(C13CC(F)(C1)C3)CCC2. The third kappa shape index (κ3) is 1.16. The largest absolute Gasteiger partial charge is 0.366 e. The van der Waals surface area contributed by atoms with Gasteiger partial charge in [0.15, 0.2) is 5.69 Å². The van der Waals surface area contributed by atoms with Gasteiger partial charge in [-0.2, -0.15) is 0 Å². The smallest absolute Gasteiger partial charge is 0.189 e. The molecule has 1 heterocycles. The van der Waals surface area contributed by atoms with E-state index in [4.69, 9.17) is 6.57 Å². The lowest BCUT2D eigenvalue weighted by atomic mass is 9.46. The molecule has 0 saturated heterocycles. The number of anilines is 1. The predicted molar refractivity (Wildman–Crippen MR) is 68.8 cm³/mol. The molecule has 0 atom stereocenters. The molecule has 0 N–H and O–H groups in total. The number of benzene rings is 1. The topological polar surface area (TPSA) is 7.60 Å². The van der Waals surface area contributed by atoms with Crippen LogP contribution in [0.1, 0.15) is 31.2 Å². The molecule has 0 spiro atoms. The lowest BCUT2D eigenvalue weighted by Gasteiger charge is -2.70. The molecule has 1 aromatic rings. The highest BCUT2D eigenvalue weighted by molar-refractivity contribution is 5.67. The normalized spacial score (nSPS) is 36.1. The minimum Gasteiger partial charge on any atom is -0.366 e. The molecule has 0 aromatic heterocycles. The van der Waals surface area contributed by atoms with E-state index in [9.17, 15) is 4.39 Å². The van der Waals surface area contributed by atoms with Crippen LogP contribution in [0.25, 0.3) is 4.85 Å². The van der Waals surface area contributed by atoms with Crippen LogP contribution in [0.4, 0.5) is 15.8 Å². The van der Waals surface area contributed by atoms with Crippen molar-refractivity contribution in [1.29, 1.82) is 0 Å². The average molecular weight is 242 g/mol. The van der Waals surface area contributed by atoms with Gasteiger partial charge in [-0.15, -0.1) is 0 Å². The Hall–Kier alpha value is -1.56. The first-order valence-corrected chi connectivity index (χ1v) is 6.61. The van der Waals surface area contributed by atoms with Crippen molar-refractivity contribution in [2.75, 3.05) is 11.4 Å². The molecule has 0 unspecified atom stereocenters. The Balaban J connectivity index is 1.74. The second-order valence-electron chi connectivity index (χ2n) is 6.09. The molecule has 3 heteroatoms. The molecular weight excluding hydrogens is 227 g/mol. The van der Waals surface area contributed by atoms with Crippen LogP contribution < -0.4 is 4.90 Å². The second-order valence-corrected chi connectivity index (χ2v) is 6.09. The molecule has 4 aliphatic rings. The molecule has 3 fully saturated rings. The summed E-state index contributed by atoms with van der Waals surface area (Å²) < 4.78 is 13.7. The number of hydrogen-bond acceptors (Lipinski definition) is 1. The van der Waals surface area contributed by atoms with Crippen LogP contribution in [0, 0.1) is 6.57 Å². The van der Waals surface area contributed by atoms with E-state index in [2.05, 4.69) is 15.8 Å². The molecule has 5 rings (SSSR count). The van der Waals surface area contributed by atoms with E-state index in [0.717, 1.165) is 19.4 Å². The maximum Gasteiger partial charge on any atom is 0.189 e. The first kappa shape index (κ1) is 10.4. The van der Waals surface area contributed by atoms with E-state index in [-0.39, 0.29) is 5.54 Å². The molecule has 0 radical (unpaired) electrons. The maximum absolute atomic E-state index is 13.7. The van der Waals surface area contributed by atoms with Gasteiger partial charge in [-0.1, -0.05) is 12.1 Å². The Bertz CT molecular complexity index is 553. The molecule has 2 nitrogen and oxygen atoms in total. The van der Waals surface area contributed by atoms with E-state index >= 15 is 0 Å². The number of aryl methyl sites for hydroxylation is 1. The highest BCUT2D eigenvalue weighted by Gasteiger charge is 2.71. The Kier molecular flexibility index (Phi) is 1.76. The van der Waals surface area contributed by atoms with Gasteiger partial charge in [-0.3, -0.25) is 0 Å². The molecule has 3 saturated carbocycles. The summed E-state index contributed by atoms with van der Waals surface area (Å²) in [5.74, 6) is 0. The highest BCUT2D eigenvalue weighted by atomic mass is 19.1.